The minimum absolute atomic E-state index is 0.121. The Morgan fingerprint density at radius 1 is 1.10 bits per heavy atom. The third-order valence-corrected chi connectivity index (χ3v) is 4.23. The van der Waals surface area contributed by atoms with Crippen molar-refractivity contribution in [2.24, 2.45) is 0 Å². The van der Waals surface area contributed by atoms with E-state index in [0.717, 1.165) is 18.7 Å². The number of carbonyl (C=O) groups excluding carboxylic acids is 1. The van der Waals surface area contributed by atoms with Crippen molar-refractivity contribution in [1.82, 2.24) is 9.80 Å². The molecule has 1 aliphatic rings. The Bertz CT molecular complexity index is 424. The van der Waals surface area contributed by atoms with Crippen molar-refractivity contribution < 1.29 is 4.79 Å². The second kappa shape index (κ2) is 6.89. The van der Waals surface area contributed by atoms with Gasteiger partial charge in [0.05, 0.1) is 0 Å². The van der Waals surface area contributed by atoms with Gasteiger partial charge in [0.25, 0.3) is 0 Å². The third kappa shape index (κ3) is 3.40. The summed E-state index contributed by atoms with van der Waals surface area (Å²) >= 11 is 0. The van der Waals surface area contributed by atoms with Gasteiger partial charge in [-0.15, -0.1) is 0 Å². The molecule has 2 rings (SSSR count). The van der Waals surface area contributed by atoms with Crippen LogP contribution in [0.3, 0.4) is 0 Å². The van der Waals surface area contributed by atoms with Gasteiger partial charge in [0.15, 0.2) is 0 Å². The smallest absolute Gasteiger partial charge is 0.244 e. The Morgan fingerprint density at radius 2 is 1.70 bits per heavy atom. The molecule has 0 saturated carbocycles. The molecular formula is C17H26N2O. The molecule has 1 atom stereocenters. The molecule has 3 heteroatoms. The SMILES string of the molecule is CC(C)N(C)C(=O)[C@H](c1ccccc1)N1CCCCC1. The van der Waals surface area contributed by atoms with Crippen LogP contribution in [-0.4, -0.2) is 41.9 Å². The molecule has 0 spiro atoms. The molecule has 0 aromatic heterocycles. The minimum Gasteiger partial charge on any atom is -0.342 e. The monoisotopic (exact) mass is 274 g/mol. The number of hydrogen-bond donors (Lipinski definition) is 0. The molecule has 1 aliphatic heterocycles. The van der Waals surface area contributed by atoms with Crippen LogP contribution in [0.1, 0.15) is 44.7 Å². The number of nitrogens with zero attached hydrogens (tertiary/aromatic N) is 2. The van der Waals surface area contributed by atoms with Gasteiger partial charge < -0.3 is 4.90 Å². The molecule has 1 amide bonds. The first-order valence-corrected chi connectivity index (χ1v) is 7.67. The molecule has 0 N–H and O–H groups in total. The van der Waals surface area contributed by atoms with E-state index in [-0.39, 0.29) is 18.0 Å². The standard InChI is InChI=1S/C17H26N2O/c1-14(2)18(3)17(20)16(15-10-6-4-7-11-15)19-12-8-5-9-13-19/h4,6-7,10-11,14,16H,5,8-9,12-13H2,1-3H3/t16-/m0/s1. The highest BCUT2D eigenvalue weighted by molar-refractivity contribution is 5.83. The van der Waals surface area contributed by atoms with Crippen LogP contribution in [0.25, 0.3) is 0 Å². The number of rotatable bonds is 4. The number of piperidine rings is 1. The Kier molecular flexibility index (Phi) is 5.18. The van der Waals surface area contributed by atoms with Crippen molar-refractivity contribution in [1.29, 1.82) is 0 Å². The van der Waals surface area contributed by atoms with Crippen molar-refractivity contribution in [3.63, 3.8) is 0 Å². The summed E-state index contributed by atoms with van der Waals surface area (Å²) in [7, 11) is 1.91. The van der Waals surface area contributed by atoms with E-state index in [2.05, 4.69) is 30.9 Å². The average molecular weight is 274 g/mol. The lowest BCUT2D eigenvalue weighted by molar-refractivity contribution is -0.138. The molecule has 0 aliphatic carbocycles. The normalized spacial score (nSPS) is 18.0. The van der Waals surface area contributed by atoms with Gasteiger partial charge in [-0.2, -0.15) is 0 Å². The van der Waals surface area contributed by atoms with E-state index in [1.54, 1.807) is 0 Å². The largest absolute Gasteiger partial charge is 0.342 e. The highest BCUT2D eigenvalue weighted by Crippen LogP contribution is 2.26. The molecule has 1 aromatic carbocycles. The first kappa shape index (κ1) is 15.0. The third-order valence-electron chi connectivity index (χ3n) is 4.23. The van der Waals surface area contributed by atoms with Gasteiger partial charge in [-0.1, -0.05) is 36.8 Å². The summed E-state index contributed by atoms with van der Waals surface area (Å²) in [4.78, 5) is 17.1. The zero-order valence-corrected chi connectivity index (χ0v) is 12.9. The van der Waals surface area contributed by atoms with Crippen molar-refractivity contribution >= 4 is 5.91 Å². The first-order chi connectivity index (χ1) is 9.61. The fourth-order valence-corrected chi connectivity index (χ4v) is 2.77. The van der Waals surface area contributed by atoms with Gasteiger partial charge in [0.1, 0.15) is 6.04 Å². The summed E-state index contributed by atoms with van der Waals surface area (Å²) in [6, 6.07) is 10.3. The number of likely N-dealkylation sites (tertiary alicyclic amines) is 1. The van der Waals surface area contributed by atoms with Crippen molar-refractivity contribution in [3.8, 4) is 0 Å². The van der Waals surface area contributed by atoms with Crippen LogP contribution < -0.4 is 0 Å². The van der Waals surface area contributed by atoms with E-state index >= 15 is 0 Å². The molecule has 1 aromatic rings. The predicted molar refractivity (Wildman–Crippen MR) is 82.5 cm³/mol. The molecular weight excluding hydrogens is 248 g/mol. The molecule has 0 bridgehead atoms. The van der Waals surface area contributed by atoms with E-state index in [4.69, 9.17) is 0 Å². The van der Waals surface area contributed by atoms with Gasteiger partial charge in [-0.05, 0) is 45.3 Å². The number of hydrogen-bond acceptors (Lipinski definition) is 2. The summed E-state index contributed by atoms with van der Waals surface area (Å²) in [6.07, 6.45) is 3.68. The van der Waals surface area contributed by atoms with Crippen LogP contribution in [0.4, 0.5) is 0 Å². The lowest BCUT2D eigenvalue weighted by atomic mass is 10.00. The fraction of sp³-hybridized carbons (Fsp3) is 0.588. The van der Waals surface area contributed by atoms with Gasteiger partial charge >= 0.3 is 0 Å². The van der Waals surface area contributed by atoms with Crippen LogP contribution in [0, 0.1) is 0 Å². The van der Waals surface area contributed by atoms with E-state index < -0.39 is 0 Å². The molecule has 0 unspecified atom stereocenters. The van der Waals surface area contributed by atoms with Crippen LogP contribution >= 0.6 is 0 Å². The van der Waals surface area contributed by atoms with E-state index in [9.17, 15) is 4.79 Å². The number of amides is 1. The predicted octanol–water partition coefficient (Wildman–Crippen LogP) is 3.08. The fourth-order valence-electron chi connectivity index (χ4n) is 2.77. The maximum Gasteiger partial charge on any atom is 0.244 e. The Hall–Kier alpha value is -1.35. The van der Waals surface area contributed by atoms with Crippen molar-refractivity contribution in [2.45, 2.75) is 45.2 Å². The molecule has 20 heavy (non-hydrogen) atoms. The summed E-state index contributed by atoms with van der Waals surface area (Å²) in [5, 5.41) is 0. The number of likely N-dealkylation sites (N-methyl/N-ethyl adjacent to an activating group) is 1. The Balaban J connectivity index is 2.26. The first-order valence-electron chi connectivity index (χ1n) is 7.67. The van der Waals surface area contributed by atoms with Gasteiger partial charge in [0, 0.05) is 13.1 Å². The van der Waals surface area contributed by atoms with Crippen LogP contribution in [-0.2, 0) is 4.79 Å². The molecule has 1 fully saturated rings. The maximum absolute atomic E-state index is 12.9. The van der Waals surface area contributed by atoms with Gasteiger partial charge in [0.2, 0.25) is 5.91 Å². The van der Waals surface area contributed by atoms with E-state index in [0.29, 0.717) is 0 Å². The lowest BCUT2D eigenvalue weighted by Crippen LogP contribution is -2.45. The zero-order chi connectivity index (χ0) is 14.5. The molecule has 1 saturated heterocycles. The second-order valence-electron chi connectivity index (χ2n) is 5.95. The minimum atomic E-state index is -0.121. The van der Waals surface area contributed by atoms with Crippen LogP contribution in [0.2, 0.25) is 0 Å². The average Bonchev–Trinajstić information content (AvgIpc) is 2.48. The van der Waals surface area contributed by atoms with Crippen molar-refractivity contribution in [3.05, 3.63) is 35.9 Å². The molecule has 3 nitrogen and oxygen atoms in total. The summed E-state index contributed by atoms with van der Waals surface area (Å²) in [6.45, 7) is 6.18. The molecule has 110 valence electrons. The second-order valence-corrected chi connectivity index (χ2v) is 5.95. The number of carbonyl (C=O) groups is 1. The number of benzene rings is 1. The Labute approximate surface area is 122 Å². The summed E-state index contributed by atoms with van der Waals surface area (Å²) in [5.74, 6) is 0.216. The Morgan fingerprint density at radius 3 is 2.25 bits per heavy atom. The topological polar surface area (TPSA) is 23.6 Å². The van der Waals surface area contributed by atoms with E-state index in [1.165, 1.54) is 19.3 Å². The van der Waals surface area contributed by atoms with Crippen molar-refractivity contribution in [2.75, 3.05) is 20.1 Å². The maximum atomic E-state index is 12.9. The highest BCUT2D eigenvalue weighted by atomic mass is 16.2. The molecule has 0 radical (unpaired) electrons. The highest BCUT2D eigenvalue weighted by Gasteiger charge is 2.31. The summed E-state index contributed by atoms with van der Waals surface area (Å²) in [5.41, 5.74) is 1.12. The quantitative estimate of drug-likeness (QED) is 0.842. The van der Waals surface area contributed by atoms with Gasteiger partial charge in [-0.25, -0.2) is 0 Å². The summed E-state index contributed by atoms with van der Waals surface area (Å²) < 4.78 is 0. The zero-order valence-electron chi connectivity index (χ0n) is 12.9. The van der Waals surface area contributed by atoms with Crippen LogP contribution in [0.5, 0.6) is 0 Å². The lowest BCUT2D eigenvalue weighted by Gasteiger charge is -2.37. The molecule has 1 heterocycles. The van der Waals surface area contributed by atoms with Gasteiger partial charge in [-0.3, -0.25) is 9.69 Å². The van der Waals surface area contributed by atoms with Crippen LogP contribution in [0.15, 0.2) is 30.3 Å². The van der Waals surface area contributed by atoms with E-state index in [1.807, 2.05) is 30.1 Å².